The Morgan fingerprint density at radius 1 is 1.18 bits per heavy atom. The smallest absolute Gasteiger partial charge is 0.246 e. The molecular formula is C25H33N3O4S. The molecular weight excluding hydrogens is 438 g/mol. The van der Waals surface area contributed by atoms with Crippen molar-refractivity contribution in [2.75, 3.05) is 13.2 Å². The van der Waals surface area contributed by atoms with Crippen LogP contribution in [-0.2, 0) is 16.0 Å². The monoisotopic (exact) mass is 471 g/mol. The predicted molar refractivity (Wildman–Crippen MR) is 127 cm³/mol. The Bertz CT molecular complexity index is 1020. The first-order valence-corrected chi connectivity index (χ1v) is 13.3. The maximum Gasteiger partial charge on any atom is 0.246 e. The number of aliphatic hydroxyl groups excluding tert-OH is 1. The van der Waals surface area contributed by atoms with Gasteiger partial charge in [-0.15, -0.1) is 11.3 Å². The Kier molecular flexibility index (Phi) is 5.81. The quantitative estimate of drug-likeness (QED) is 0.672. The summed E-state index contributed by atoms with van der Waals surface area (Å²) in [7, 11) is 0. The molecule has 4 aliphatic rings. The number of hydrogen-bond acceptors (Lipinski definition) is 7. The van der Waals surface area contributed by atoms with Crippen LogP contribution in [0, 0.1) is 0 Å². The molecule has 4 heterocycles. The van der Waals surface area contributed by atoms with Crippen LogP contribution in [0.25, 0.3) is 10.2 Å². The van der Waals surface area contributed by atoms with Gasteiger partial charge in [-0.2, -0.15) is 0 Å². The lowest BCUT2D eigenvalue weighted by atomic mass is 9.90. The van der Waals surface area contributed by atoms with Gasteiger partial charge >= 0.3 is 0 Å². The SMILES string of the molecule is NC(=O)[C@@H](O)C[C@H]1CCc2sc3nccc(OC4CCC(N5[C@@H]6CC[C@H]5COC6)CC4)c3c21. The number of primary amides is 1. The van der Waals surface area contributed by atoms with Gasteiger partial charge < -0.3 is 20.3 Å². The van der Waals surface area contributed by atoms with Gasteiger partial charge in [0.25, 0.3) is 0 Å². The van der Waals surface area contributed by atoms with E-state index < -0.39 is 12.0 Å². The number of aromatic nitrogens is 1. The number of nitrogens with two attached hydrogens (primary N) is 1. The lowest BCUT2D eigenvalue weighted by Crippen LogP contribution is -2.52. The van der Waals surface area contributed by atoms with Crippen LogP contribution < -0.4 is 10.5 Å². The highest BCUT2D eigenvalue weighted by Crippen LogP contribution is 2.48. The van der Waals surface area contributed by atoms with E-state index in [4.69, 9.17) is 15.2 Å². The Morgan fingerprint density at radius 3 is 2.64 bits per heavy atom. The number of aliphatic hydroxyl groups is 1. The summed E-state index contributed by atoms with van der Waals surface area (Å²) in [6.45, 7) is 1.80. The summed E-state index contributed by atoms with van der Waals surface area (Å²) in [6, 6.07) is 3.89. The summed E-state index contributed by atoms with van der Waals surface area (Å²) in [5.74, 6) is 0.381. The molecule has 33 heavy (non-hydrogen) atoms. The van der Waals surface area contributed by atoms with Crippen molar-refractivity contribution < 1.29 is 19.4 Å². The van der Waals surface area contributed by atoms with Gasteiger partial charge in [0, 0.05) is 29.2 Å². The second-order valence-electron chi connectivity index (χ2n) is 10.2. The highest BCUT2D eigenvalue weighted by Gasteiger charge is 2.42. The van der Waals surface area contributed by atoms with Gasteiger partial charge in [-0.3, -0.25) is 9.69 Å². The van der Waals surface area contributed by atoms with Crippen molar-refractivity contribution in [3.8, 4) is 5.75 Å². The summed E-state index contributed by atoms with van der Waals surface area (Å²) in [5.41, 5.74) is 6.55. The van der Waals surface area contributed by atoms with E-state index >= 15 is 0 Å². The van der Waals surface area contributed by atoms with Gasteiger partial charge in [0.2, 0.25) is 5.91 Å². The first-order chi connectivity index (χ1) is 16.1. The van der Waals surface area contributed by atoms with E-state index in [1.54, 1.807) is 11.3 Å². The topological polar surface area (TPSA) is 97.9 Å². The highest BCUT2D eigenvalue weighted by molar-refractivity contribution is 7.19. The minimum Gasteiger partial charge on any atom is -0.490 e. The molecule has 3 N–H and O–H groups in total. The molecule has 7 nitrogen and oxygen atoms in total. The Hall–Kier alpha value is -1.74. The lowest BCUT2D eigenvalue weighted by Gasteiger charge is -2.43. The maximum atomic E-state index is 11.4. The summed E-state index contributed by atoms with van der Waals surface area (Å²) in [6.07, 6.45) is 10.3. The fourth-order valence-corrected chi connectivity index (χ4v) is 8.00. The van der Waals surface area contributed by atoms with Crippen molar-refractivity contribution in [3.63, 3.8) is 0 Å². The number of aryl methyl sites for hydroxylation is 1. The maximum absolute atomic E-state index is 11.4. The fraction of sp³-hybridized carbons (Fsp3) is 0.680. The first kappa shape index (κ1) is 21.8. The summed E-state index contributed by atoms with van der Waals surface area (Å²) < 4.78 is 12.4. The number of morpholine rings is 1. The Balaban J connectivity index is 1.18. The third-order valence-corrected chi connectivity index (χ3v) is 9.46. The number of nitrogens with zero attached hydrogens (tertiary/aromatic N) is 2. The lowest BCUT2D eigenvalue weighted by molar-refractivity contribution is -0.126. The molecule has 2 aromatic rings. The predicted octanol–water partition coefficient (Wildman–Crippen LogP) is 3.12. The number of rotatable bonds is 6. The van der Waals surface area contributed by atoms with E-state index in [9.17, 15) is 9.90 Å². The normalized spacial score (nSPS) is 32.7. The largest absolute Gasteiger partial charge is 0.490 e. The molecule has 2 saturated heterocycles. The molecule has 6 rings (SSSR count). The number of fused-ring (bicyclic) bond motifs is 5. The molecule has 1 saturated carbocycles. The number of ether oxygens (including phenoxy) is 2. The zero-order chi connectivity index (χ0) is 22.5. The number of amides is 1. The van der Waals surface area contributed by atoms with E-state index in [1.165, 1.54) is 36.1 Å². The molecule has 178 valence electrons. The molecule has 1 amide bonds. The third kappa shape index (κ3) is 3.95. The number of carbonyl (C=O) groups excluding carboxylic acids is 1. The van der Waals surface area contributed by atoms with Gasteiger partial charge in [-0.05, 0) is 75.3 Å². The van der Waals surface area contributed by atoms with Gasteiger partial charge in [-0.1, -0.05) is 0 Å². The summed E-state index contributed by atoms with van der Waals surface area (Å²) >= 11 is 1.72. The average molecular weight is 472 g/mol. The van der Waals surface area contributed by atoms with Crippen LogP contribution in [0.15, 0.2) is 12.3 Å². The molecule has 8 heteroatoms. The summed E-state index contributed by atoms with van der Waals surface area (Å²) in [4.78, 5) is 21.1. The molecule has 4 atom stereocenters. The van der Waals surface area contributed by atoms with Crippen molar-refractivity contribution >= 4 is 27.5 Å². The van der Waals surface area contributed by atoms with Gasteiger partial charge in [0.05, 0.1) is 24.7 Å². The molecule has 3 fully saturated rings. The summed E-state index contributed by atoms with van der Waals surface area (Å²) in [5, 5.41) is 11.2. The molecule has 2 bridgehead atoms. The molecule has 2 aliphatic carbocycles. The van der Waals surface area contributed by atoms with E-state index in [-0.39, 0.29) is 12.0 Å². The Labute approximate surface area is 198 Å². The highest BCUT2D eigenvalue weighted by atomic mass is 32.1. The fourth-order valence-electron chi connectivity index (χ4n) is 6.75. The molecule has 0 unspecified atom stereocenters. The van der Waals surface area contributed by atoms with Gasteiger partial charge in [0.15, 0.2) is 0 Å². The van der Waals surface area contributed by atoms with Crippen LogP contribution in [0.3, 0.4) is 0 Å². The molecule has 0 spiro atoms. The Morgan fingerprint density at radius 2 is 1.91 bits per heavy atom. The molecule has 2 aliphatic heterocycles. The van der Waals surface area contributed by atoms with Gasteiger partial charge in [0.1, 0.15) is 16.7 Å². The van der Waals surface area contributed by atoms with Crippen LogP contribution in [-0.4, -0.2) is 64.4 Å². The second-order valence-corrected chi connectivity index (χ2v) is 11.3. The van der Waals surface area contributed by atoms with Crippen LogP contribution >= 0.6 is 11.3 Å². The van der Waals surface area contributed by atoms with Crippen molar-refractivity contribution in [3.05, 3.63) is 22.7 Å². The van der Waals surface area contributed by atoms with Crippen molar-refractivity contribution in [1.82, 2.24) is 9.88 Å². The van der Waals surface area contributed by atoms with E-state index in [1.807, 2.05) is 12.3 Å². The zero-order valence-electron chi connectivity index (χ0n) is 18.9. The first-order valence-electron chi connectivity index (χ1n) is 12.5. The second kappa shape index (κ2) is 8.80. The van der Waals surface area contributed by atoms with Crippen LogP contribution in [0.4, 0.5) is 0 Å². The number of hydrogen-bond donors (Lipinski definition) is 2. The molecule has 0 aromatic carbocycles. The van der Waals surface area contributed by atoms with Crippen LogP contribution in [0.5, 0.6) is 5.75 Å². The standard InChI is InChI=1S/C25H33N3O4S/c26-24(30)19(29)11-14-1-8-21-22(14)23-20(9-10-27-25(23)33-21)32-18-6-4-15(5-7-18)28-16-2-3-17(28)13-31-12-16/h9-10,14-19,29H,1-8,11-13H2,(H2,26,30)/t14-,15?,16-,17+,18?,19+/m1/s1. The van der Waals surface area contributed by atoms with Crippen LogP contribution in [0.2, 0.25) is 0 Å². The van der Waals surface area contributed by atoms with Crippen molar-refractivity contribution in [1.29, 1.82) is 0 Å². The minimum absolute atomic E-state index is 0.121. The van der Waals surface area contributed by atoms with Crippen LogP contribution in [0.1, 0.15) is 67.7 Å². The van der Waals surface area contributed by atoms with Gasteiger partial charge in [-0.25, -0.2) is 4.98 Å². The number of thiophene rings is 1. The molecule has 0 radical (unpaired) electrons. The van der Waals surface area contributed by atoms with E-state index in [0.717, 1.165) is 54.9 Å². The molecule has 2 aromatic heterocycles. The number of pyridine rings is 1. The van der Waals surface area contributed by atoms with Crippen molar-refractivity contribution in [2.45, 2.75) is 94.0 Å². The zero-order valence-corrected chi connectivity index (χ0v) is 19.8. The van der Waals surface area contributed by atoms with Crippen molar-refractivity contribution in [2.24, 2.45) is 5.73 Å². The average Bonchev–Trinajstić information content (AvgIpc) is 3.45. The number of carbonyl (C=O) groups is 1. The minimum atomic E-state index is -1.11. The van der Waals surface area contributed by atoms with E-state index in [0.29, 0.717) is 24.5 Å². The third-order valence-electron chi connectivity index (χ3n) is 8.29. The van der Waals surface area contributed by atoms with E-state index in [2.05, 4.69) is 9.88 Å².